The summed E-state index contributed by atoms with van der Waals surface area (Å²) in [5.41, 5.74) is 3.59. The van der Waals surface area contributed by atoms with E-state index in [1.54, 1.807) is 0 Å². The van der Waals surface area contributed by atoms with Gasteiger partial charge in [-0.05, 0) is 65.3 Å². The highest BCUT2D eigenvalue weighted by molar-refractivity contribution is 6.33. The monoisotopic (exact) mass is 464 g/mol. The Morgan fingerprint density at radius 2 is 0.694 bits per heavy atom. The van der Waals surface area contributed by atoms with Gasteiger partial charge in [0.05, 0.1) is 0 Å². The SMILES string of the molecule is OC(c1ccccc1)c1ccc2c3cccc4c(C(O)c5ccccc5)ccc(c5cccc1c52)c43. The molecule has 7 rings (SSSR count). The maximum atomic E-state index is 11.3. The molecule has 0 fully saturated rings. The van der Waals surface area contributed by atoms with E-state index in [1.165, 1.54) is 10.8 Å². The summed E-state index contributed by atoms with van der Waals surface area (Å²) in [5.74, 6) is 0. The minimum absolute atomic E-state index is 0.698. The maximum Gasteiger partial charge on any atom is 0.105 e. The lowest BCUT2D eigenvalue weighted by Crippen LogP contribution is -2.02. The summed E-state index contributed by atoms with van der Waals surface area (Å²) in [6, 6.07) is 40.8. The summed E-state index contributed by atoms with van der Waals surface area (Å²) < 4.78 is 0. The molecule has 36 heavy (non-hydrogen) atoms. The topological polar surface area (TPSA) is 40.5 Å². The fourth-order valence-corrected chi connectivity index (χ4v) is 5.86. The third-order valence-electron chi connectivity index (χ3n) is 7.55. The molecule has 0 saturated heterocycles. The summed E-state index contributed by atoms with van der Waals surface area (Å²) >= 11 is 0. The van der Waals surface area contributed by atoms with Gasteiger partial charge in [0.2, 0.25) is 0 Å². The molecule has 0 bridgehead atoms. The van der Waals surface area contributed by atoms with Crippen LogP contribution >= 0.6 is 0 Å². The number of hydrogen-bond donors (Lipinski definition) is 2. The van der Waals surface area contributed by atoms with Crippen molar-refractivity contribution < 1.29 is 10.2 Å². The molecule has 2 nitrogen and oxygen atoms in total. The van der Waals surface area contributed by atoms with Gasteiger partial charge in [0.15, 0.2) is 0 Å². The lowest BCUT2D eigenvalue weighted by molar-refractivity contribution is 0.221. The fraction of sp³-hybridized carbons (Fsp3) is 0.0588. The molecule has 0 saturated carbocycles. The number of fused-ring (bicyclic) bond motifs is 2. The van der Waals surface area contributed by atoms with Gasteiger partial charge in [0.1, 0.15) is 12.2 Å². The summed E-state index contributed by atoms with van der Waals surface area (Å²) in [4.78, 5) is 0. The molecule has 2 N–H and O–H groups in total. The van der Waals surface area contributed by atoms with Crippen LogP contribution in [0.15, 0.2) is 121 Å². The summed E-state index contributed by atoms with van der Waals surface area (Å²) in [7, 11) is 0. The number of hydrogen-bond acceptors (Lipinski definition) is 2. The standard InChI is InChI=1S/C34H24O2/c35-33(21-9-3-1-4-10-21)29-19-17-27-24-14-8-16-26-30(34(36)22-11-5-2-6-12-22)20-18-28(32(24)26)23-13-7-15-25(29)31(23)27/h1-20,33-36H. The predicted octanol–water partition coefficient (Wildman–Crippen LogP) is 7.90. The summed E-state index contributed by atoms with van der Waals surface area (Å²) in [5, 5.41) is 31.7. The normalized spacial score (nSPS) is 13.6. The molecule has 0 aliphatic rings. The second kappa shape index (κ2) is 8.17. The Balaban J connectivity index is 1.53. The van der Waals surface area contributed by atoms with Gasteiger partial charge in [-0.3, -0.25) is 0 Å². The minimum Gasteiger partial charge on any atom is -0.384 e. The van der Waals surface area contributed by atoms with Crippen molar-refractivity contribution in [1.29, 1.82) is 0 Å². The van der Waals surface area contributed by atoms with Crippen LogP contribution in [0.3, 0.4) is 0 Å². The molecular weight excluding hydrogens is 440 g/mol. The van der Waals surface area contributed by atoms with Crippen LogP contribution in [-0.2, 0) is 0 Å². The van der Waals surface area contributed by atoms with E-state index in [4.69, 9.17) is 0 Å². The molecule has 2 unspecified atom stereocenters. The van der Waals surface area contributed by atoms with Crippen LogP contribution in [0.25, 0.3) is 43.1 Å². The van der Waals surface area contributed by atoms with E-state index in [1.807, 2.05) is 60.7 Å². The number of aliphatic hydroxyl groups excluding tert-OH is 2. The minimum atomic E-state index is -0.698. The third-order valence-corrected chi connectivity index (χ3v) is 7.55. The zero-order valence-electron chi connectivity index (χ0n) is 19.6. The van der Waals surface area contributed by atoms with E-state index in [0.29, 0.717) is 0 Å². The van der Waals surface area contributed by atoms with Crippen molar-refractivity contribution in [2.75, 3.05) is 0 Å². The Morgan fingerprint density at radius 1 is 0.333 bits per heavy atom. The molecule has 0 radical (unpaired) electrons. The molecule has 0 aliphatic heterocycles. The Bertz CT molecular complexity index is 1700. The zero-order chi connectivity index (χ0) is 24.2. The van der Waals surface area contributed by atoms with Crippen LogP contribution in [0.4, 0.5) is 0 Å². The van der Waals surface area contributed by atoms with Gasteiger partial charge in [-0.25, -0.2) is 0 Å². The van der Waals surface area contributed by atoms with Crippen LogP contribution in [0, 0.1) is 0 Å². The second-order valence-corrected chi connectivity index (χ2v) is 9.49. The summed E-state index contributed by atoms with van der Waals surface area (Å²) in [6.07, 6.45) is -1.40. The van der Waals surface area contributed by atoms with E-state index in [0.717, 1.165) is 54.6 Å². The van der Waals surface area contributed by atoms with Crippen molar-refractivity contribution in [2.24, 2.45) is 0 Å². The molecule has 0 aromatic heterocycles. The van der Waals surface area contributed by atoms with Crippen molar-refractivity contribution in [1.82, 2.24) is 0 Å². The van der Waals surface area contributed by atoms with E-state index in [9.17, 15) is 10.2 Å². The van der Waals surface area contributed by atoms with E-state index in [-0.39, 0.29) is 0 Å². The lowest BCUT2D eigenvalue weighted by atomic mass is 9.85. The first-order valence-electron chi connectivity index (χ1n) is 12.3. The Kier molecular flexibility index (Phi) is 4.78. The largest absolute Gasteiger partial charge is 0.384 e. The Labute approximate surface area is 209 Å². The Morgan fingerprint density at radius 3 is 1.11 bits per heavy atom. The highest BCUT2D eigenvalue weighted by Gasteiger charge is 2.21. The first-order valence-corrected chi connectivity index (χ1v) is 12.3. The molecule has 7 aromatic rings. The maximum absolute atomic E-state index is 11.3. The van der Waals surface area contributed by atoms with Gasteiger partial charge in [0.25, 0.3) is 0 Å². The number of benzene rings is 7. The smallest absolute Gasteiger partial charge is 0.105 e. The molecule has 0 heterocycles. The average Bonchev–Trinajstić information content (AvgIpc) is 2.95. The summed E-state index contributed by atoms with van der Waals surface area (Å²) in [6.45, 7) is 0. The highest BCUT2D eigenvalue weighted by Crippen LogP contribution is 2.44. The molecule has 0 spiro atoms. The van der Waals surface area contributed by atoms with Crippen LogP contribution in [-0.4, -0.2) is 10.2 Å². The molecule has 2 atom stereocenters. The van der Waals surface area contributed by atoms with Gasteiger partial charge in [-0.2, -0.15) is 0 Å². The van der Waals surface area contributed by atoms with Crippen molar-refractivity contribution in [3.63, 3.8) is 0 Å². The van der Waals surface area contributed by atoms with Crippen molar-refractivity contribution in [3.05, 3.63) is 144 Å². The van der Waals surface area contributed by atoms with Crippen molar-refractivity contribution in [2.45, 2.75) is 12.2 Å². The van der Waals surface area contributed by atoms with Gasteiger partial charge < -0.3 is 10.2 Å². The molecule has 2 heteroatoms. The van der Waals surface area contributed by atoms with E-state index < -0.39 is 12.2 Å². The molecule has 7 aromatic carbocycles. The molecular formula is C34H24O2. The molecule has 0 aliphatic carbocycles. The van der Waals surface area contributed by atoms with Gasteiger partial charge in [0, 0.05) is 0 Å². The van der Waals surface area contributed by atoms with Crippen LogP contribution in [0.1, 0.15) is 34.5 Å². The number of rotatable bonds is 4. The van der Waals surface area contributed by atoms with Crippen LogP contribution in [0.5, 0.6) is 0 Å². The third kappa shape index (κ3) is 3.06. The lowest BCUT2D eigenvalue weighted by Gasteiger charge is -2.21. The van der Waals surface area contributed by atoms with E-state index >= 15 is 0 Å². The highest BCUT2D eigenvalue weighted by atomic mass is 16.3. The quantitative estimate of drug-likeness (QED) is 0.205. The van der Waals surface area contributed by atoms with Crippen LogP contribution < -0.4 is 0 Å². The van der Waals surface area contributed by atoms with Gasteiger partial charge in [-0.15, -0.1) is 0 Å². The second-order valence-electron chi connectivity index (χ2n) is 9.49. The number of aliphatic hydroxyl groups is 2. The average molecular weight is 465 g/mol. The molecule has 172 valence electrons. The predicted molar refractivity (Wildman–Crippen MR) is 149 cm³/mol. The van der Waals surface area contributed by atoms with Gasteiger partial charge >= 0.3 is 0 Å². The Hall–Kier alpha value is -4.24. The fourth-order valence-electron chi connectivity index (χ4n) is 5.86. The first-order chi connectivity index (χ1) is 17.7. The van der Waals surface area contributed by atoms with Gasteiger partial charge in [-0.1, -0.05) is 121 Å². The first kappa shape index (κ1) is 21.1. The van der Waals surface area contributed by atoms with Crippen molar-refractivity contribution in [3.8, 4) is 0 Å². The van der Waals surface area contributed by atoms with Crippen molar-refractivity contribution >= 4 is 43.1 Å². The molecule has 0 amide bonds. The zero-order valence-corrected chi connectivity index (χ0v) is 19.6. The van der Waals surface area contributed by atoms with E-state index in [2.05, 4.69) is 60.7 Å². The van der Waals surface area contributed by atoms with Crippen LogP contribution in [0.2, 0.25) is 0 Å².